The number of aromatic nitrogens is 1. The van der Waals surface area contributed by atoms with Crippen LogP contribution in [0.25, 0.3) is 5.76 Å². The molecule has 3 aromatic rings. The fourth-order valence-electron chi connectivity index (χ4n) is 3.38. The molecule has 4 rings (SSSR count). The smallest absolute Gasteiger partial charge is 0.296 e. The Hall–Kier alpha value is -3.87. The number of furan rings is 1. The van der Waals surface area contributed by atoms with Gasteiger partial charge in [-0.2, -0.15) is 0 Å². The fraction of sp³-hybridized carbons (Fsp3) is 0.136. The van der Waals surface area contributed by atoms with E-state index in [1.165, 1.54) is 23.6 Å². The highest BCUT2D eigenvalue weighted by Gasteiger charge is 2.47. The Balaban J connectivity index is 1.78. The average Bonchev–Trinajstić information content (AvgIpc) is 3.37. The SMILES string of the molecule is COc1ccc(CN2C(=O)C(=O)/C(=C(\O)c3ccncc3)C2c2ccco2)cc1. The van der Waals surface area contributed by atoms with Crippen molar-refractivity contribution in [2.75, 3.05) is 7.11 Å². The molecule has 3 heterocycles. The monoisotopic (exact) mass is 390 g/mol. The molecule has 2 aromatic heterocycles. The molecule has 1 amide bonds. The summed E-state index contributed by atoms with van der Waals surface area (Å²) in [4.78, 5) is 31.0. The van der Waals surface area contributed by atoms with Gasteiger partial charge in [0.1, 0.15) is 23.3 Å². The van der Waals surface area contributed by atoms with Crippen molar-refractivity contribution < 1.29 is 23.8 Å². The zero-order valence-electron chi connectivity index (χ0n) is 15.6. The Morgan fingerprint density at radius 1 is 1.14 bits per heavy atom. The van der Waals surface area contributed by atoms with Gasteiger partial charge in [0.05, 0.1) is 18.9 Å². The molecule has 0 spiro atoms. The van der Waals surface area contributed by atoms with Gasteiger partial charge in [0, 0.05) is 24.5 Å². The third-order valence-corrected chi connectivity index (χ3v) is 4.82. The zero-order chi connectivity index (χ0) is 20.4. The maximum Gasteiger partial charge on any atom is 0.296 e. The van der Waals surface area contributed by atoms with Gasteiger partial charge in [0.2, 0.25) is 0 Å². The Morgan fingerprint density at radius 2 is 1.86 bits per heavy atom. The third kappa shape index (κ3) is 3.38. The lowest BCUT2D eigenvalue weighted by atomic mass is 9.99. The number of ketones is 1. The first kappa shape index (κ1) is 18.5. The molecule has 7 nitrogen and oxygen atoms in total. The summed E-state index contributed by atoms with van der Waals surface area (Å²) in [5.41, 5.74) is 1.21. The Kier molecular flexibility index (Phi) is 4.87. The highest BCUT2D eigenvalue weighted by Crippen LogP contribution is 2.40. The number of carbonyl (C=O) groups excluding carboxylic acids is 2. The van der Waals surface area contributed by atoms with Gasteiger partial charge >= 0.3 is 0 Å². The largest absolute Gasteiger partial charge is 0.507 e. The molecular formula is C22H18N2O5. The summed E-state index contributed by atoms with van der Waals surface area (Å²) in [6.07, 6.45) is 4.48. The fourth-order valence-corrected chi connectivity index (χ4v) is 3.38. The molecule has 0 radical (unpaired) electrons. The first-order valence-corrected chi connectivity index (χ1v) is 8.95. The van der Waals surface area contributed by atoms with Gasteiger partial charge in [0.25, 0.3) is 11.7 Å². The molecule has 0 bridgehead atoms. The second-order valence-corrected chi connectivity index (χ2v) is 6.53. The molecule has 1 saturated heterocycles. The molecule has 0 saturated carbocycles. The van der Waals surface area contributed by atoms with E-state index in [2.05, 4.69) is 4.98 Å². The number of benzene rings is 1. The predicted octanol–water partition coefficient (Wildman–Crippen LogP) is 3.31. The quantitative estimate of drug-likeness (QED) is 0.408. The van der Waals surface area contributed by atoms with Gasteiger partial charge in [-0.3, -0.25) is 14.6 Å². The minimum absolute atomic E-state index is 0.00957. The number of aliphatic hydroxyl groups excluding tert-OH is 1. The highest BCUT2D eigenvalue weighted by molar-refractivity contribution is 6.46. The number of aliphatic hydroxyl groups is 1. The van der Waals surface area contributed by atoms with E-state index >= 15 is 0 Å². The normalized spacial score (nSPS) is 18.2. The summed E-state index contributed by atoms with van der Waals surface area (Å²) in [5.74, 6) is -0.624. The molecule has 1 aliphatic rings. The molecular weight excluding hydrogens is 372 g/mol. The van der Waals surface area contributed by atoms with Crippen LogP contribution in [-0.4, -0.2) is 33.8 Å². The molecule has 1 unspecified atom stereocenters. The molecule has 1 aromatic carbocycles. The van der Waals surface area contributed by atoms with Crippen LogP contribution in [0.15, 0.2) is 77.2 Å². The van der Waals surface area contributed by atoms with E-state index < -0.39 is 17.7 Å². The second-order valence-electron chi connectivity index (χ2n) is 6.53. The van der Waals surface area contributed by atoms with Crippen molar-refractivity contribution in [3.63, 3.8) is 0 Å². The Labute approximate surface area is 166 Å². The first-order chi connectivity index (χ1) is 14.1. The van der Waals surface area contributed by atoms with E-state index in [0.717, 1.165) is 5.56 Å². The van der Waals surface area contributed by atoms with E-state index in [-0.39, 0.29) is 17.9 Å². The summed E-state index contributed by atoms with van der Waals surface area (Å²) < 4.78 is 10.7. The molecule has 1 aliphatic heterocycles. The first-order valence-electron chi connectivity index (χ1n) is 8.95. The van der Waals surface area contributed by atoms with E-state index in [4.69, 9.17) is 9.15 Å². The van der Waals surface area contributed by atoms with Crippen LogP contribution in [0.2, 0.25) is 0 Å². The van der Waals surface area contributed by atoms with Crippen molar-refractivity contribution in [3.8, 4) is 5.75 Å². The number of rotatable bonds is 5. The van der Waals surface area contributed by atoms with Crippen LogP contribution < -0.4 is 4.74 Å². The standard InChI is InChI=1S/C22H18N2O5/c1-28-16-6-4-14(5-7-16)13-24-19(17-3-2-12-29-17)18(21(26)22(24)27)20(25)15-8-10-23-11-9-15/h2-12,19,25H,13H2,1H3/b20-18-. The maximum atomic E-state index is 12.8. The molecule has 7 heteroatoms. The average molecular weight is 390 g/mol. The van der Waals surface area contributed by atoms with Gasteiger partial charge in [-0.1, -0.05) is 12.1 Å². The Morgan fingerprint density at radius 3 is 2.48 bits per heavy atom. The lowest BCUT2D eigenvalue weighted by molar-refractivity contribution is -0.140. The number of likely N-dealkylation sites (tertiary alicyclic amines) is 1. The van der Waals surface area contributed by atoms with E-state index in [9.17, 15) is 14.7 Å². The van der Waals surface area contributed by atoms with E-state index in [1.807, 2.05) is 12.1 Å². The van der Waals surface area contributed by atoms with Crippen LogP contribution in [-0.2, 0) is 16.1 Å². The zero-order valence-corrected chi connectivity index (χ0v) is 15.6. The number of hydrogen-bond donors (Lipinski definition) is 1. The van der Waals surface area contributed by atoms with Gasteiger partial charge in [-0.15, -0.1) is 0 Å². The lowest BCUT2D eigenvalue weighted by Gasteiger charge is -2.23. The number of Topliss-reactive ketones (excluding diaryl/α,β-unsaturated/α-hetero) is 1. The summed E-state index contributed by atoms with van der Waals surface area (Å²) in [6, 6.07) is 12.9. The molecule has 1 atom stereocenters. The van der Waals surface area contributed by atoms with Gasteiger partial charge in [0.15, 0.2) is 0 Å². The van der Waals surface area contributed by atoms with Crippen LogP contribution in [0.5, 0.6) is 5.75 Å². The van der Waals surface area contributed by atoms with E-state index in [0.29, 0.717) is 17.1 Å². The van der Waals surface area contributed by atoms with Crippen LogP contribution >= 0.6 is 0 Å². The van der Waals surface area contributed by atoms with Crippen molar-refractivity contribution >= 4 is 17.4 Å². The third-order valence-electron chi connectivity index (χ3n) is 4.82. The van der Waals surface area contributed by atoms with Crippen molar-refractivity contribution in [2.24, 2.45) is 0 Å². The number of carbonyl (C=O) groups is 2. The van der Waals surface area contributed by atoms with E-state index in [1.54, 1.807) is 43.5 Å². The van der Waals surface area contributed by atoms with Crippen molar-refractivity contribution in [1.82, 2.24) is 9.88 Å². The topological polar surface area (TPSA) is 92.9 Å². The number of methoxy groups -OCH3 is 1. The molecule has 146 valence electrons. The molecule has 1 fully saturated rings. The number of pyridine rings is 1. The summed E-state index contributed by atoms with van der Waals surface area (Å²) in [5, 5.41) is 10.8. The number of hydrogen-bond acceptors (Lipinski definition) is 6. The number of ether oxygens (including phenoxy) is 1. The second kappa shape index (κ2) is 7.63. The van der Waals surface area contributed by atoms with Crippen molar-refractivity contribution in [2.45, 2.75) is 12.6 Å². The summed E-state index contributed by atoms with van der Waals surface area (Å²) in [7, 11) is 1.57. The summed E-state index contributed by atoms with van der Waals surface area (Å²) >= 11 is 0. The maximum absolute atomic E-state index is 12.8. The van der Waals surface area contributed by atoms with Crippen LogP contribution in [0.4, 0.5) is 0 Å². The number of amides is 1. The minimum Gasteiger partial charge on any atom is -0.507 e. The van der Waals surface area contributed by atoms with Crippen molar-refractivity contribution in [1.29, 1.82) is 0 Å². The lowest BCUT2D eigenvalue weighted by Crippen LogP contribution is -2.29. The predicted molar refractivity (Wildman–Crippen MR) is 104 cm³/mol. The Bertz CT molecular complexity index is 1060. The molecule has 0 aliphatic carbocycles. The number of nitrogens with zero attached hydrogens (tertiary/aromatic N) is 2. The van der Waals surface area contributed by atoms with Crippen LogP contribution in [0.1, 0.15) is 22.9 Å². The van der Waals surface area contributed by atoms with Gasteiger partial charge in [-0.25, -0.2) is 0 Å². The minimum atomic E-state index is -0.833. The summed E-state index contributed by atoms with van der Waals surface area (Å²) in [6.45, 7) is 0.174. The highest BCUT2D eigenvalue weighted by atomic mass is 16.5. The van der Waals surface area contributed by atoms with Crippen LogP contribution in [0.3, 0.4) is 0 Å². The van der Waals surface area contributed by atoms with Crippen molar-refractivity contribution in [3.05, 3.63) is 89.6 Å². The van der Waals surface area contributed by atoms with Crippen LogP contribution in [0, 0.1) is 0 Å². The molecule has 1 N–H and O–H groups in total. The van der Waals surface area contributed by atoms with Gasteiger partial charge in [-0.05, 0) is 42.0 Å². The molecule has 29 heavy (non-hydrogen) atoms. The van der Waals surface area contributed by atoms with Gasteiger partial charge < -0.3 is 19.2 Å².